The first-order valence-corrected chi connectivity index (χ1v) is 3.58. The molecule has 0 atom stereocenters. The van der Waals surface area contributed by atoms with E-state index in [1.54, 1.807) is 0 Å². The van der Waals surface area contributed by atoms with Crippen molar-refractivity contribution in [1.29, 1.82) is 0 Å². The summed E-state index contributed by atoms with van der Waals surface area (Å²) in [5.74, 6) is 0. The van der Waals surface area contributed by atoms with Crippen LogP contribution in [0.5, 0.6) is 0 Å². The van der Waals surface area contributed by atoms with Gasteiger partial charge in [0.2, 0.25) is 0 Å². The Morgan fingerprint density at radius 2 is 1.83 bits per heavy atom. The number of rotatable bonds is 1. The molecular formula is CHCl2FS2. The van der Waals surface area contributed by atoms with Gasteiger partial charge in [-0.15, -0.1) is 11.7 Å². The summed E-state index contributed by atoms with van der Waals surface area (Å²) in [6.45, 7) is 0. The number of thiol groups is 1. The van der Waals surface area contributed by atoms with Crippen molar-refractivity contribution in [3.05, 3.63) is 0 Å². The van der Waals surface area contributed by atoms with E-state index in [-0.39, 0.29) is 0 Å². The summed E-state index contributed by atoms with van der Waals surface area (Å²) in [7, 11) is 0.441. The fourth-order valence-corrected chi connectivity index (χ4v) is 0. The number of hydrogen-bond donors (Lipinski definition) is 1. The number of hydrogen-bond acceptors (Lipinski definition) is 2. The molecule has 38 valence electrons. The van der Waals surface area contributed by atoms with Gasteiger partial charge in [0, 0.05) is 0 Å². The molecule has 0 amide bonds. The Morgan fingerprint density at radius 3 is 1.83 bits per heavy atom. The third-order valence-electron chi connectivity index (χ3n) is 0.104. The van der Waals surface area contributed by atoms with E-state index in [4.69, 9.17) is 23.2 Å². The highest BCUT2D eigenvalue weighted by molar-refractivity contribution is 8.69. The molecule has 0 bridgehead atoms. The topological polar surface area (TPSA) is 0 Å². The van der Waals surface area contributed by atoms with E-state index in [1.165, 1.54) is 0 Å². The number of alkyl halides is 3. The van der Waals surface area contributed by atoms with Crippen LogP contribution >= 0.6 is 45.7 Å². The fourth-order valence-electron chi connectivity index (χ4n) is 0. The zero-order valence-corrected chi connectivity index (χ0v) is 5.71. The minimum absolute atomic E-state index is 0.441. The molecule has 0 aliphatic rings. The van der Waals surface area contributed by atoms with Crippen molar-refractivity contribution in [2.45, 2.75) is 3.92 Å². The first-order chi connectivity index (χ1) is 2.56. The van der Waals surface area contributed by atoms with Gasteiger partial charge in [-0.25, -0.2) is 0 Å². The van der Waals surface area contributed by atoms with E-state index < -0.39 is 3.92 Å². The van der Waals surface area contributed by atoms with Gasteiger partial charge in [-0.2, -0.15) is 4.39 Å². The maximum absolute atomic E-state index is 11.5. The molecule has 0 fully saturated rings. The summed E-state index contributed by atoms with van der Waals surface area (Å²) >= 11 is 12.8. The van der Waals surface area contributed by atoms with Gasteiger partial charge in [0.25, 0.3) is 0 Å². The highest BCUT2D eigenvalue weighted by atomic mass is 35.5. The van der Waals surface area contributed by atoms with Crippen LogP contribution < -0.4 is 0 Å². The predicted octanol–water partition coefficient (Wildman–Crippen LogP) is 2.62. The van der Waals surface area contributed by atoms with Crippen LogP contribution in [0.2, 0.25) is 0 Å². The minimum atomic E-state index is -2.23. The van der Waals surface area contributed by atoms with Gasteiger partial charge >= 0.3 is 3.92 Å². The van der Waals surface area contributed by atoms with Gasteiger partial charge in [-0.3, -0.25) is 0 Å². The van der Waals surface area contributed by atoms with Crippen LogP contribution in [0.15, 0.2) is 0 Å². The molecule has 0 unspecified atom stereocenters. The van der Waals surface area contributed by atoms with Crippen molar-refractivity contribution in [2.75, 3.05) is 0 Å². The molecule has 0 aromatic heterocycles. The maximum Gasteiger partial charge on any atom is 0.314 e. The summed E-state index contributed by atoms with van der Waals surface area (Å²) in [5, 5.41) is 0. The quantitative estimate of drug-likeness (QED) is 0.355. The molecule has 0 heterocycles. The van der Waals surface area contributed by atoms with Crippen LogP contribution in [0.1, 0.15) is 0 Å². The zero-order chi connectivity index (χ0) is 5.21. The highest BCUT2D eigenvalue weighted by Crippen LogP contribution is 2.37. The Bertz CT molecular complexity index is 41.3. The van der Waals surface area contributed by atoms with Crippen molar-refractivity contribution in [1.82, 2.24) is 0 Å². The zero-order valence-electron chi connectivity index (χ0n) is 2.49. The Morgan fingerprint density at radius 1 is 1.67 bits per heavy atom. The second-order valence-corrected chi connectivity index (χ2v) is 3.51. The third kappa shape index (κ3) is 5.21. The van der Waals surface area contributed by atoms with Crippen LogP contribution in [-0.4, -0.2) is 3.92 Å². The van der Waals surface area contributed by atoms with Gasteiger partial charge in [0.15, 0.2) is 0 Å². The molecule has 0 aliphatic heterocycles. The SMILES string of the molecule is FC(Cl)(Cl)SS. The summed E-state index contributed by atoms with van der Waals surface area (Å²) < 4.78 is 9.30. The summed E-state index contributed by atoms with van der Waals surface area (Å²) in [6, 6.07) is 0. The molecule has 5 heteroatoms. The van der Waals surface area contributed by atoms with Crippen LogP contribution in [0.4, 0.5) is 4.39 Å². The summed E-state index contributed by atoms with van der Waals surface area (Å²) in [6.07, 6.45) is 0. The van der Waals surface area contributed by atoms with Gasteiger partial charge < -0.3 is 0 Å². The van der Waals surface area contributed by atoms with Crippen molar-refractivity contribution in [3.8, 4) is 0 Å². The van der Waals surface area contributed by atoms with Gasteiger partial charge in [0.1, 0.15) is 0 Å². The second-order valence-electron chi connectivity index (χ2n) is 0.537. The van der Waals surface area contributed by atoms with Crippen molar-refractivity contribution >= 4 is 45.7 Å². The van der Waals surface area contributed by atoms with Crippen LogP contribution in [-0.2, 0) is 0 Å². The normalized spacial score (nSPS) is 12.0. The van der Waals surface area contributed by atoms with Crippen LogP contribution in [0.25, 0.3) is 0 Å². The molecule has 0 radical (unpaired) electrons. The Balaban J connectivity index is 3.17. The standard InChI is InChI=1S/CHCl2FS2/c2-1(3,4)6-5/h5H. The molecule has 0 spiro atoms. The van der Waals surface area contributed by atoms with E-state index in [1.807, 2.05) is 0 Å². The van der Waals surface area contributed by atoms with Crippen LogP contribution in [0.3, 0.4) is 0 Å². The van der Waals surface area contributed by atoms with Gasteiger partial charge in [-0.05, 0) is 10.8 Å². The molecule has 0 aromatic rings. The summed E-state index contributed by atoms with van der Waals surface area (Å²) in [4.78, 5) is 0. The lowest BCUT2D eigenvalue weighted by Crippen LogP contribution is -1.88. The second kappa shape index (κ2) is 2.50. The number of halogens is 3. The van der Waals surface area contributed by atoms with E-state index >= 15 is 0 Å². The van der Waals surface area contributed by atoms with E-state index in [0.717, 1.165) is 0 Å². The Kier molecular flexibility index (Phi) is 3.01. The molecule has 0 N–H and O–H groups in total. The minimum Gasteiger partial charge on any atom is -0.194 e. The smallest absolute Gasteiger partial charge is 0.194 e. The Labute approximate surface area is 54.2 Å². The monoisotopic (exact) mass is 166 g/mol. The van der Waals surface area contributed by atoms with Gasteiger partial charge in [0.05, 0.1) is 0 Å². The van der Waals surface area contributed by atoms with E-state index in [9.17, 15) is 4.39 Å². The molecule has 0 aliphatic carbocycles. The molecule has 6 heavy (non-hydrogen) atoms. The first kappa shape index (κ1) is 7.21. The average molecular weight is 167 g/mol. The molecule has 0 saturated heterocycles. The van der Waals surface area contributed by atoms with Crippen molar-refractivity contribution in [2.24, 2.45) is 0 Å². The molecular weight excluding hydrogens is 166 g/mol. The average Bonchev–Trinajstić information content (AvgIpc) is 1.35. The molecule has 0 rings (SSSR count). The fraction of sp³-hybridized carbons (Fsp3) is 1.00. The predicted molar refractivity (Wildman–Crippen MR) is 32.1 cm³/mol. The lowest BCUT2D eigenvalue weighted by atomic mass is 11.7. The van der Waals surface area contributed by atoms with E-state index in [0.29, 0.717) is 10.8 Å². The molecule has 0 saturated carbocycles. The lowest BCUT2D eigenvalue weighted by molar-refractivity contribution is 0.518. The summed E-state index contributed by atoms with van der Waals surface area (Å²) in [5.41, 5.74) is 0. The van der Waals surface area contributed by atoms with Crippen LogP contribution in [0, 0.1) is 0 Å². The lowest BCUT2D eigenvalue weighted by Gasteiger charge is -1.98. The van der Waals surface area contributed by atoms with Crippen molar-refractivity contribution in [3.63, 3.8) is 0 Å². The van der Waals surface area contributed by atoms with Gasteiger partial charge in [-0.1, -0.05) is 23.2 Å². The third-order valence-corrected chi connectivity index (χ3v) is 2.17. The maximum atomic E-state index is 11.5. The molecule has 0 nitrogen and oxygen atoms in total. The van der Waals surface area contributed by atoms with E-state index in [2.05, 4.69) is 11.7 Å². The molecule has 0 aromatic carbocycles. The first-order valence-electron chi connectivity index (χ1n) is 0.954. The largest absolute Gasteiger partial charge is 0.314 e. The van der Waals surface area contributed by atoms with Crippen molar-refractivity contribution < 1.29 is 4.39 Å². The highest BCUT2D eigenvalue weighted by Gasteiger charge is 2.19. The Hall–Kier alpha value is 1.21.